The fourth-order valence-electron chi connectivity index (χ4n) is 2.20. The van der Waals surface area contributed by atoms with Gasteiger partial charge in [0.05, 0.1) is 7.11 Å². The maximum absolute atomic E-state index is 11.7. The molecule has 0 radical (unpaired) electrons. The van der Waals surface area contributed by atoms with Crippen LogP contribution in [0.15, 0.2) is 24.3 Å². The number of rotatable bonds is 5. The number of carbonyl (C=O) groups is 3. The van der Waals surface area contributed by atoms with Gasteiger partial charge in [-0.05, 0) is 17.7 Å². The predicted octanol–water partition coefficient (Wildman–Crippen LogP) is -0.135. The van der Waals surface area contributed by atoms with Crippen molar-refractivity contribution in [1.82, 2.24) is 10.6 Å². The third kappa shape index (κ3) is 3.19. The highest BCUT2D eigenvalue weighted by Gasteiger charge is 2.46. The van der Waals surface area contributed by atoms with Crippen LogP contribution in [-0.2, 0) is 16.0 Å². The van der Waals surface area contributed by atoms with Crippen LogP contribution in [-0.4, -0.2) is 35.9 Å². The largest absolute Gasteiger partial charge is 0.497 e. The zero-order valence-electron chi connectivity index (χ0n) is 11.6. The van der Waals surface area contributed by atoms with Crippen LogP contribution >= 0.6 is 0 Å². The lowest BCUT2D eigenvalue weighted by Gasteiger charge is -2.23. The van der Waals surface area contributed by atoms with E-state index >= 15 is 0 Å². The van der Waals surface area contributed by atoms with Gasteiger partial charge in [-0.3, -0.25) is 30.3 Å². The summed E-state index contributed by atoms with van der Waals surface area (Å²) in [6, 6.07) is 4.02. The quantitative estimate of drug-likeness (QED) is 0.443. The van der Waals surface area contributed by atoms with Gasteiger partial charge in [-0.25, -0.2) is 4.79 Å². The van der Waals surface area contributed by atoms with E-state index in [1.807, 2.05) is 10.6 Å². The van der Waals surface area contributed by atoms with Gasteiger partial charge >= 0.3 is 6.03 Å². The van der Waals surface area contributed by atoms with Crippen molar-refractivity contribution in [3.8, 4) is 5.75 Å². The summed E-state index contributed by atoms with van der Waals surface area (Å²) >= 11 is 0. The maximum atomic E-state index is 11.7. The molecule has 0 bridgehead atoms. The molecule has 116 valence electrons. The Hall–Kier alpha value is -2.97. The van der Waals surface area contributed by atoms with Gasteiger partial charge in [0.1, 0.15) is 5.75 Å². The molecule has 1 atom stereocenters. The molecule has 0 spiro atoms. The second kappa shape index (κ2) is 6.20. The molecule has 9 heteroatoms. The third-order valence-corrected chi connectivity index (χ3v) is 3.30. The first kappa shape index (κ1) is 15.4. The van der Waals surface area contributed by atoms with E-state index in [9.17, 15) is 24.5 Å². The maximum Gasteiger partial charge on any atom is 0.328 e. The minimum absolute atomic E-state index is 0.128. The van der Waals surface area contributed by atoms with Crippen molar-refractivity contribution >= 4 is 17.8 Å². The average Bonchev–Trinajstić information content (AvgIpc) is 2.45. The molecule has 4 amide bonds. The van der Waals surface area contributed by atoms with Gasteiger partial charge in [0.25, 0.3) is 0 Å². The van der Waals surface area contributed by atoms with Gasteiger partial charge < -0.3 is 4.74 Å². The number of nitrogens with zero attached hydrogens (tertiary/aromatic N) is 1. The topological polar surface area (TPSA) is 128 Å². The molecular weight excluding hydrogens is 294 g/mol. The van der Waals surface area contributed by atoms with Crippen molar-refractivity contribution in [2.45, 2.75) is 12.5 Å². The van der Waals surface area contributed by atoms with Gasteiger partial charge in [-0.2, -0.15) is 0 Å². The van der Waals surface area contributed by atoms with Crippen molar-refractivity contribution < 1.29 is 24.0 Å². The monoisotopic (exact) mass is 307 g/mol. The zero-order valence-corrected chi connectivity index (χ0v) is 11.6. The summed E-state index contributed by atoms with van der Waals surface area (Å²) in [6.07, 6.45) is -0.128. The summed E-state index contributed by atoms with van der Waals surface area (Å²) in [5.41, 5.74) is 0.569. The van der Waals surface area contributed by atoms with Gasteiger partial charge in [0.15, 0.2) is 5.92 Å². The number of amides is 4. The molecular formula is C13H13N3O6. The first-order valence-electron chi connectivity index (χ1n) is 6.34. The molecule has 1 aliphatic rings. The van der Waals surface area contributed by atoms with Crippen LogP contribution in [0.1, 0.15) is 5.56 Å². The number of ether oxygens (including phenoxy) is 1. The van der Waals surface area contributed by atoms with E-state index < -0.39 is 34.7 Å². The number of hydrogen-bond acceptors (Lipinski definition) is 6. The molecule has 0 aliphatic carbocycles. The van der Waals surface area contributed by atoms with Crippen molar-refractivity contribution in [3.63, 3.8) is 0 Å². The molecule has 0 aromatic heterocycles. The fourth-order valence-corrected chi connectivity index (χ4v) is 2.20. The number of barbiturate groups is 1. The number of carbonyl (C=O) groups excluding carboxylic acids is 3. The predicted molar refractivity (Wildman–Crippen MR) is 72.7 cm³/mol. The van der Waals surface area contributed by atoms with Crippen LogP contribution in [0, 0.1) is 16.0 Å². The normalized spacial score (nSPS) is 16.7. The minimum atomic E-state index is -1.56. The van der Waals surface area contributed by atoms with E-state index in [0.717, 1.165) is 0 Å². The molecule has 1 heterocycles. The summed E-state index contributed by atoms with van der Waals surface area (Å²) in [4.78, 5) is 45.0. The van der Waals surface area contributed by atoms with Gasteiger partial charge in [0.2, 0.25) is 17.9 Å². The Morgan fingerprint density at radius 3 is 2.18 bits per heavy atom. The van der Waals surface area contributed by atoms with Crippen molar-refractivity contribution in [2.24, 2.45) is 5.92 Å². The van der Waals surface area contributed by atoms with Crippen LogP contribution in [0.3, 0.4) is 0 Å². The van der Waals surface area contributed by atoms with Crippen molar-refractivity contribution in [1.29, 1.82) is 0 Å². The summed E-state index contributed by atoms with van der Waals surface area (Å²) in [5, 5.41) is 15.0. The molecule has 1 unspecified atom stereocenters. The molecule has 1 fully saturated rings. The number of benzene rings is 1. The number of hydrogen-bond donors (Lipinski definition) is 2. The van der Waals surface area contributed by atoms with E-state index in [0.29, 0.717) is 11.3 Å². The van der Waals surface area contributed by atoms with E-state index in [4.69, 9.17) is 4.74 Å². The van der Waals surface area contributed by atoms with Crippen LogP contribution in [0.4, 0.5) is 4.79 Å². The van der Waals surface area contributed by atoms with Crippen molar-refractivity contribution in [3.05, 3.63) is 39.9 Å². The highest BCUT2D eigenvalue weighted by atomic mass is 16.6. The lowest BCUT2D eigenvalue weighted by atomic mass is 9.91. The molecule has 2 rings (SSSR count). The number of urea groups is 1. The number of imide groups is 2. The average molecular weight is 307 g/mol. The minimum Gasteiger partial charge on any atom is -0.497 e. The molecule has 1 aromatic carbocycles. The molecule has 1 aliphatic heterocycles. The number of nitro groups is 1. The lowest BCUT2D eigenvalue weighted by Crippen LogP contribution is -2.60. The van der Waals surface area contributed by atoms with E-state index in [-0.39, 0.29) is 6.42 Å². The van der Waals surface area contributed by atoms with Crippen LogP contribution in [0.25, 0.3) is 0 Å². The Balaban J connectivity index is 2.22. The Kier molecular flexibility index (Phi) is 4.35. The highest BCUT2D eigenvalue weighted by Crippen LogP contribution is 2.19. The Labute approximate surface area is 124 Å². The van der Waals surface area contributed by atoms with Gasteiger partial charge in [0, 0.05) is 11.3 Å². The summed E-state index contributed by atoms with van der Waals surface area (Å²) < 4.78 is 4.98. The fraction of sp³-hybridized carbons (Fsp3) is 0.308. The van der Waals surface area contributed by atoms with Gasteiger partial charge in [-0.1, -0.05) is 12.1 Å². The molecule has 22 heavy (non-hydrogen) atoms. The smallest absolute Gasteiger partial charge is 0.328 e. The Morgan fingerprint density at radius 1 is 1.18 bits per heavy atom. The van der Waals surface area contributed by atoms with E-state index in [1.165, 1.54) is 7.11 Å². The molecule has 9 nitrogen and oxygen atoms in total. The molecule has 0 saturated carbocycles. The molecule has 2 N–H and O–H groups in total. The standard InChI is InChI=1S/C13H13N3O6/c1-22-8-4-2-7(3-5-8)6-9(16(20)21)10-11(17)14-13(19)15-12(10)18/h2-5,9-10H,6H2,1H3,(H2,14,15,17,18,19). The number of nitrogens with one attached hydrogen (secondary N) is 2. The second-order valence-corrected chi connectivity index (χ2v) is 4.69. The van der Waals surface area contributed by atoms with Crippen molar-refractivity contribution in [2.75, 3.05) is 7.11 Å². The number of methoxy groups -OCH3 is 1. The zero-order chi connectivity index (χ0) is 16.3. The second-order valence-electron chi connectivity index (χ2n) is 4.69. The summed E-state index contributed by atoms with van der Waals surface area (Å²) in [5.74, 6) is -2.91. The van der Waals surface area contributed by atoms with Crippen LogP contribution in [0.5, 0.6) is 5.75 Å². The van der Waals surface area contributed by atoms with Gasteiger partial charge in [-0.15, -0.1) is 0 Å². The van der Waals surface area contributed by atoms with E-state index in [2.05, 4.69) is 0 Å². The Bertz CT molecular complexity index is 607. The summed E-state index contributed by atoms with van der Waals surface area (Å²) in [7, 11) is 1.49. The lowest BCUT2D eigenvalue weighted by molar-refractivity contribution is -0.526. The van der Waals surface area contributed by atoms with E-state index in [1.54, 1.807) is 24.3 Å². The summed E-state index contributed by atoms with van der Waals surface area (Å²) in [6.45, 7) is 0. The molecule has 1 saturated heterocycles. The first-order valence-corrected chi connectivity index (χ1v) is 6.34. The highest BCUT2D eigenvalue weighted by molar-refractivity contribution is 6.16. The first-order chi connectivity index (χ1) is 10.4. The van der Waals surface area contributed by atoms with Crippen LogP contribution < -0.4 is 15.4 Å². The third-order valence-electron chi connectivity index (χ3n) is 3.30. The molecule has 1 aromatic rings. The Morgan fingerprint density at radius 2 is 1.73 bits per heavy atom. The van der Waals surface area contributed by atoms with Crippen LogP contribution in [0.2, 0.25) is 0 Å². The SMILES string of the molecule is COc1ccc(CC(C2C(=O)NC(=O)NC2=O)[N+](=O)[O-])cc1.